The highest BCUT2D eigenvalue weighted by atomic mass is 16.5. The summed E-state index contributed by atoms with van der Waals surface area (Å²) in [6.07, 6.45) is 0. The van der Waals surface area contributed by atoms with Crippen molar-refractivity contribution in [2.75, 3.05) is 19.9 Å². The SMILES string of the molecule is COc1c(C)cc(CN(C)C(=O)c2cc(N)ccc2C)cc1C. The van der Waals surface area contributed by atoms with E-state index in [0.717, 1.165) is 28.0 Å². The molecule has 0 fully saturated rings. The molecule has 0 atom stereocenters. The minimum atomic E-state index is -0.0269. The molecule has 0 aromatic heterocycles. The molecule has 0 saturated heterocycles. The van der Waals surface area contributed by atoms with Gasteiger partial charge in [-0.25, -0.2) is 0 Å². The Morgan fingerprint density at radius 2 is 1.70 bits per heavy atom. The first-order valence-corrected chi connectivity index (χ1v) is 7.59. The number of hydrogen-bond acceptors (Lipinski definition) is 3. The Bertz CT molecular complexity index is 715. The summed E-state index contributed by atoms with van der Waals surface area (Å²) in [4.78, 5) is 14.4. The zero-order valence-corrected chi connectivity index (χ0v) is 14.4. The van der Waals surface area contributed by atoms with Gasteiger partial charge in [0.2, 0.25) is 0 Å². The first-order chi connectivity index (χ1) is 10.8. The fraction of sp³-hybridized carbons (Fsp3) is 0.316. The molecule has 0 aliphatic carbocycles. The van der Waals surface area contributed by atoms with Gasteiger partial charge >= 0.3 is 0 Å². The molecule has 23 heavy (non-hydrogen) atoms. The molecule has 4 nitrogen and oxygen atoms in total. The van der Waals surface area contributed by atoms with E-state index in [9.17, 15) is 4.79 Å². The van der Waals surface area contributed by atoms with Crippen LogP contribution in [0.15, 0.2) is 30.3 Å². The summed E-state index contributed by atoms with van der Waals surface area (Å²) in [6, 6.07) is 9.53. The quantitative estimate of drug-likeness (QED) is 0.879. The predicted molar refractivity (Wildman–Crippen MR) is 93.9 cm³/mol. The molecule has 1 amide bonds. The van der Waals surface area contributed by atoms with E-state index in [0.29, 0.717) is 17.8 Å². The number of nitrogens with zero attached hydrogens (tertiary/aromatic N) is 1. The Hall–Kier alpha value is -2.49. The fourth-order valence-corrected chi connectivity index (χ4v) is 2.87. The summed E-state index contributed by atoms with van der Waals surface area (Å²) in [5, 5.41) is 0. The molecule has 0 heterocycles. The third-order valence-corrected chi connectivity index (χ3v) is 3.98. The number of amides is 1. The maximum atomic E-state index is 12.7. The second-order valence-electron chi connectivity index (χ2n) is 6.00. The van der Waals surface area contributed by atoms with Crippen molar-refractivity contribution in [1.29, 1.82) is 0 Å². The van der Waals surface area contributed by atoms with E-state index in [-0.39, 0.29) is 5.91 Å². The lowest BCUT2D eigenvalue weighted by atomic mass is 10.0. The van der Waals surface area contributed by atoms with Gasteiger partial charge in [-0.05, 0) is 55.2 Å². The number of hydrogen-bond donors (Lipinski definition) is 1. The average molecular weight is 312 g/mol. The highest BCUT2D eigenvalue weighted by molar-refractivity contribution is 5.96. The van der Waals surface area contributed by atoms with Crippen LogP contribution in [0, 0.1) is 20.8 Å². The normalized spacial score (nSPS) is 10.5. The number of aryl methyl sites for hydroxylation is 3. The Morgan fingerprint density at radius 1 is 1.09 bits per heavy atom. The van der Waals surface area contributed by atoms with Gasteiger partial charge in [-0.1, -0.05) is 18.2 Å². The molecule has 0 saturated carbocycles. The molecule has 4 heteroatoms. The zero-order valence-electron chi connectivity index (χ0n) is 14.4. The topological polar surface area (TPSA) is 55.6 Å². The number of methoxy groups -OCH3 is 1. The van der Waals surface area contributed by atoms with Gasteiger partial charge in [0.15, 0.2) is 0 Å². The maximum absolute atomic E-state index is 12.7. The Labute approximate surface area is 137 Å². The van der Waals surface area contributed by atoms with E-state index in [2.05, 4.69) is 12.1 Å². The molecular formula is C19H24N2O2. The number of carbonyl (C=O) groups excluding carboxylic acids is 1. The first-order valence-electron chi connectivity index (χ1n) is 7.59. The van der Waals surface area contributed by atoms with Crippen LogP contribution in [0.25, 0.3) is 0 Å². The number of ether oxygens (including phenoxy) is 1. The van der Waals surface area contributed by atoms with Gasteiger partial charge in [0.25, 0.3) is 5.91 Å². The highest BCUT2D eigenvalue weighted by Crippen LogP contribution is 2.25. The number of benzene rings is 2. The molecule has 0 unspecified atom stereocenters. The van der Waals surface area contributed by atoms with E-state index in [4.69, 9.17) is 10.5 Å². The van der Waals surface area contributed by atoms with Crippen LogP contribution in [0.4, 0.5) is 5.69 Å². The van der Waals surface area contributed by atoms with Crippen LogP contribution in [0.2, 0.25) is 0 Å². The van der Waals surface area contributed by atoms with Crippen molar-refractivity contribution in [3.8, 4) is 5.75 Å². The lowest BCUT2D eigenvalue weighted by Crippen LogP contribution is -2.27. The van der Waals surface area contributed by atoms with Crippen LogP contribution in [0.3, 0.4) is 0 Å². The molecule has 2 aromatic rings. The molecule has 122 valence electrons. The van der Waals surface area contributed by atoms with Crippen molar-refractivity contribution in [1.82, 2.24) is 4.90 Å². The summed E-state index contributed by atoms with van der Waals surface area (Å²) in [5.41, 5.74) is 11.2. The Kier molecular flexibility index (Phi) is 4.94. The van der Waals surface area contributed by atoms with Crippen molar-refractivity contribution in [3.05, 3.63) is 58.1 Å². The molecule has 0 aliphatic heterocycles. The van der Waals surface area contributed by atoms with Gasteiger partial charge in [0.1, 0.15) is 5.75 Å². The van der Waals surface area contributed by atoms with Gasteiger partial charge in [0.05, 0.1) is 7.11 Å². The van der Waals surface area contributed by atoms with E-state index in [1.807, 2.05) is 32.9 Å². The maximum Gasteiger partial charge on any atom is 0.254 e. The lowest BCUT2D eigenvalue weighted by molar-refractivity contribution is 0.0784. The molecule has 2 aromatic carbocycles. The van der Waals surface area contributed by atoms with Crippen LogP contribution in [-0.4, -0.2) is 25.0 Å². The van der Waals surface area contributed by atoms with Crippen molar-refractivity contribution in [3.63, 3.8) is 0 Å². The van der Waals surface area contributed by atoms with Crippen molar-refractivity contribution >= 4 is 11.6 Å². The summed E-state index contributed by atoms with van der Waals surface area (Å²) in [5.74, 6) is 0.871. The van der Waals surface area contributed by atoms with Crippen molar-refractivity contribution in [2.24, 2.45) is 0 Å². The van der Waals surface area contributed by atoms with Crippen LogP contribution in [-0.2, 0) is 6.54 Å². The summed E-state index contributed by atoms with van der Waals surface area (Å²) in [7, 11) is 3.48. The van der Waals surface area contributed by atoms with Crippen molar-refractivity contribution in [2.45, 2.75) is 27.3 Å². The van der Waals surface area contributed by atoms with Crippen molar-refractivity contribution < 1.29 is 9.53 Å². The summed E-state index contributed by atoms with van der Waals surface area (Å²) in [6.45, 7) is 6.49. The van der Waals surface area contributed by atoms with Crippen LogP contribution in [0.1, 0.15) is 32.6 Å². The number of nitrogens with two attached hydrogens (primary N) is 1. The van der Waals surface area contributed by atoms with Gasteiger partial charge in [-0.3, -0.25) is 4.79 Å². The molecular weight excluding hydrogens is 288 g/mol. The zero-order chi connectivity index (χ0) is 17.1. The molecule has 0 radical (unpaired) electrons. The van der Waals surface area contributed by atoms with E-state index < -0.39 is 0 Å². The standard InChI is InChI=1S/C19H24N2O2/c1-12-6-7-16(20)10-17(12)19(22)21(4)11-15-8-13(2)18(23-5)14(3)9-15/h6-10H,11,20H2,1-5H3. The van der Waals surface area contributed by atoms with Gasteiger partial charge < -0.3 is 15.4 Å². The van der Waals surface area contributed by atoms with Crippen LogP contribution in [0.5, 0.6) is 5.75 Å². The molecule has 0 bridgehead atoms. The molecule has 2 N–H and O–H groups in total. The highest BCUT2D eigenvalue weighted by Gasteiger charge is 2.15. The van der Waals surface area contributed by atoms with Gasteiger partial charge in [-0.15, -0.1) is 0 Å². The number of nitrogen functional groups attached to an aromatic ring is 1. The Morgan fingerprint density at radius 3 is 2.26 bits per heavy atom. The minimum Gasteiger partial charge on any atom is -0.496 e. The summed E-state index contributed by atoms with van der Waals surface area (Å²) < 4.78 is 5.39. The van der Waals surface area contributed by atoms with Gasteiger partial charge in [0, 0.05) is 24.8 Å². The smallest absolute Gasteiger partial charge is 0.254 e. The number of carbonyl (C=O) groups is 1. The first kappa shape index (κ1) is 16.9. The van der Waals surface area contributed by atoms with Crippen LogP contribution < -0.4 is 10.5 Å². The van der Waals surface area contributed by atoms with E-state index in [1.165, 1.54) is 0 Å². The third-order valence-electron chi connectivity index (χ3n) is 3.98. The van der Waals surface area contributed by atoms with E-state index >= 15 is 0 Å². The molecule has 0 aliphatic rings. The average Bonchev–Trinajstić information content (AvgIpc) is 2.48. The second kappa shape index (κ2) is 6.73. The molecule has 2 rings (SSSR count). The number of anilines is 1. The van der Waals surface area contributed by atoms with E-state index in [1.54, 1.807) is 25.1 Å². The Balaban J connectivity index is 2.23. The fourth-order valence-electron chi connectivity index (χ4n) is 2.87. The third kappa shape index (κ3) is 3.65. The largest absolute Gasteiger partial charge is 0.496 e. The second-order valence-corrected chi connectivity index (χ2v) is 6.00. The van der Waals surface area contributed by atoms with Gasteiger partial charge in [-0.2, -0.15) is 0 Å². The number of rotatable bonds is 4. The van der Waals surface area contributed by atoms with Crippen LogP contribution >= 0.6 is 0 Å². The molecule has 0 spiro atoms. The minimum absolute atomic E-state index is 0.0269. The summed E-state index contributed by atoms with van der Waals surface area (Å²) >= 11 is 0. The predicted octanol–water partition coefficient (Wildman–Crippen LogP) is 3.47. The monoisotopic (exact) mass is 312 g/mol. The lowest BCUT2D eigenvalue weighted by Gasteiger charge is -2.20.